The Labute approximate surface area is 143 Å². The lowest BCUT2D eigenvalue weighted by Gasteiger charge is -2.25. The number of nitrogens with zero attached hydrogens (tertiary/aromatic N) is 3. The SMILES string of the molecule is O=C(c1ccncc1)N1CCC2(CCN(Cc3ccccc3)C2)C1. The van der Waals surface area contributed by atoms with E-state index in [1.54, 1.807) is 12.4 Å². The fourth-order valence-electron chi connectivity index (χ4n) is 4.12. The lowest BCUT2D eigenvalue weighted by atomic mass is 9.86. The molecule has 1 amide bonds. The molecule has 4 heteroatoms. The number of hydrogen-bond acceptors (Lipinski definition) is 3. The molecule has 2 saturated heterocycles. The van der Waals surface area contributed by atoms with E-state index >= 15 is 0 Å². The predicted octanol–water partition coefficient (Wildman–Crippen LogP) is 2.82. The van der Waals surface area contributed by atoms with Gasteiger partial charge in [0.2, 0.25) is 0 Å². The molecule has 1 aromatic carbocycles. The van der Waals surface area contributed by atoms with Crippen LogP contribution in [0.3, 0.4) is 0 Å². The van der Waals surface area contributed by atoms with Gasteiger partial charge in [-0.15, -0.1) is 0 Å². The van der Waals surface area contributed by atoms with Gasteiger partial charge in [0.05, 0.1) is 0 Å². The molecule has 24 heavy (non-hydrogen) atoms. The molecule has 0 radical (unpaired) electrons. The van der Waals surface area contributed by atoms with Gasteiger partial charge in [-0.2, -0.15) is 0 Å². The molecule has 124 valence electrons. The average molecular weight is 321 g/mol. The number of likely N-dealkylation sites (tertiary alicyclic amines) is 2. The molecular formula is C20H23N3O. The van der Waals surface area contributed by atoms with Crippen molar-refractivity contribution in [3.63, 3.8) is 0 Å². The van der Waals surface area contributed by atoms with Crippen LogP contribution >= 0.6 is 0 Å². The van der Waals surface area contributed by atoms with Gasteiger partial charge >= 0.3 is 0 Å². The van der Waals surface area contributed by atoms with Crippen LogP contribution < -0.4 is 0 Å². The largest absolute Gasteiger partial charge is 0.338 e. The minimum Gasteiger partial charge on any atom is -0.338 e. The van der Waals surface area contributed by atoms with Crippen LogP contribution in [0.2, 0.25) is 0 Å². The Morgan fingerprint density at radius 3 is 2.54 bits per heavy atom. The first-order valence-electron chi connectivity index (χ1n) is 8.70. The quantitative estimate of drug-likeness (QED) is 0.872. The number of rotatable bonds is 3. The van der Waals surface area contributed by atoms with Crippen LogP contribution in [0.1, 0.15) is 28.8 Å². The van der Waals surface area contributed by atoms with Gasteiger partial charge in [-0.1, -0.05) is 30.3 Å². The summed E-state index contributed by atoms with van der Waals surface area (Å²) >= 11 is 0. The fraction of sp³-hybridized carbons (Fsp3) is 0.400. The zero-order valence-corrected chi connectivity index (χ0v) is 13.9. The normalized spacial score (nSPS) is 23.9. The minimum atomic E-state index is 0.149. The predicted molar refractivity (Wildman–Crippen MR) is 93.5 cm³/mol. The molecule has 2 fully saturated rings. The van der Waals surface area contributed by atoms with Crippen molar-refractivity contribution in [1.82, 2.24) is 14.8 Å². The lowest BCUT2D eigenvalue weighted by Crippen LogP contribution is -2.34. The third-order valence-electron chi connectivity index (χ3n) is 5.42. The Hall–Kier alpha value is -2.20. The Morgan fingerprint density at radius 1 is 1.00 bits per heavy atom. The molecule has 1 aromatic heterocycles. The van der Waals surface area contributed by atoms with Crippen LogP contribution in [0.15, 0.2) is 54.9 Å². The summed E-state index contributed by atoms with van der Waals surface area (Å²) in [5.74, 6) is 0.149. The number of aromatic nitrogens is 1. The summed E-state index contributed by atoms with van der Waals surface area (Å²) in [7, 11) is 0. The third-order valence-corrected chi connectivity index (χ3v) is 5.42. The van der Waals surface area contributed by atoms with Crippen molar-refractivity contribution in [2.75, 3.05) is 26.2 Å². The van der Waals surface area contributed by atoms with Crippen LogP contribution in [-0.2, 0) is 6.54 Å². The van der Waals surface area contributed by atoms with Crippen molar-refractivity contribution < 1.29 is 4.79 Å². The van der Waals surface area contributed by atoms with Crippen molar-refractivity contribution in [3.05, 3.63) is 66.0 Å². The number of amides is 1. The Balaban J connectivity index is 1.39. The van der Waals surface area contributed by atoms with E-state index in [2.05, 4.69) is 40.2 Å². The average Bonchev–Trinajstić information content (AvgIpc) is 3.23. The molecule has 1 atom stereocenters. The highest BCUT2D eigenvalue weighted by Gasteiger charge is 2.44. The zero-order chi connectivity index (χ0) is 16.4. The van der Waals surface area contributed by atoms with Gasteiger partial charge in [-0.05, 0) is 37.1 Å². The van der Waals surface area contributed by atoms with Gasteiger partial charge in [-0.3, -0.25) is 14.7 Å². The fourth-order valence-corrected chi connectivity index (χ4v) is 4.12. The van der Waals surface area contributed by atoms with E-state index in [9.17, 15) is 4.79 Å². The molecule has 1 spiro atoms. The van der Waals surface area contributed by atoms with Gasteiger partial charge in [0, 0.05) is 49.6 Å². The van der Waals surface area contributed by atoms with E-state index in [-0.39, 0.29) is 11.3 Å². The van der Waals surface area contributed by atoms with E-state index in [1.807, 2.05) is 17.0 Å². The second-order valence-corrected chi connectivity index (χ2v) is 7.16. The smallest absolute Gasteiger partial charge is 0.253 e. The highest BCUT2D eigenvalue weighted by atomic mass is 16.2. The summed E-state index contributed by atoms with van der Waals surface area (Å²) in [5, 5.41) is 0. The van der Waals surface area contributed by atoms with E-state index in [4.69, 9.17) is 0 Å². The molecule has 0 bridgehead atoms. The number of benzene rings is 1. The van der Waals surface area contributed by atoms with Gasteiger partial charge in [0.25, 0.3) is 5.91 Å². The van der Waals surface area contributed by atoms with Gasteiger partial charge < -0.3 is 4.90 Å². The summed E-state index contributed by atoms with van der Waals surface area (Å²) < 4.78 is 0. The number of pyridine rings is 1. The van der Waals surface area contributed by atoms with E-state index in [0.29, 0.717) is 0 Å². The standard InChI is InChI=1S/C20H23N3O/c24-19(18-6-10-21-11-7-18)23-13-9-20(16-23)8-12-22(15-20)14-17-4-2-1-3-5-17/h1-7,10-11H,8-9,12-16H2. The number of carbonyl (C=O) groups excluding carboxylic acids is 1. The topological polar surface area (TPSA) is 36.4 Å². The van der Waals surface area contributed by atoms with Crippen molar-refractivity contribution in [2.24, 2.45) is 5.41 Å². The van der Waals surface area contributed by atoms with E-state index < -0.39 is 0 Å². The van der Waals surface area contributed by atoms with Gasteiger partial charge in [0.1, 0.15) is 0 Å². The second kappa shape index (κ2) is 6.36. The molecule has 2 aromatic rings. The maximum atomic E-state index is 12.6. The summed E-state index contributed by atoms with van der Waals surface area (Å²) in [6, 6.07) is 14.3. The van der Waals surface area contributed by atoms with E-state index in [0.717, 1.165) is 44.7 Å². The highest BCUT2D eigenvalue weighted by molar-refractivity contribution is 5.94. The summed E-state index contributed by atoms with van der Waals surface area (Å²) in [5.41, 5.74) is 2.41. The van der Waals surface area contributed by atoms with Crippen LogP contribution in [0.4, 0.5) is 0 Å². The molecule has 0 saturated carbocycles. The van der Waals surface area contributed by atoms with Crippen molar-refractivity contribution in [3.8, 4) is 0 Å². The molecule has 2 aliphatic rings. The Kier molecular flexibility index (Phi) is 4.07. The van der Waals surface area contributed by atoms with Gasteiger partial charge in [0.15, 0.2) is 0 Å². The maximum Gasteiger partial charge on any atom is 0.253 e. The molecule has 0 aliphatic carbocycles. The maximum absolute atomic E-state index is 12.6. The molecule has 4 rings (SSSR count). The van der Waals surface area contributed by atoms with Crippen molar-refractivity contribution in [2.45, 2.75) is 19.4 Å². The summed E-state index contributed by atoms with van der Waals surface area (Å²) in [6.07, 6.45) is 5.70. The molecule has 3 heterocycles. The first kappa shape index (κ1) is 15.3. The second-order valence-electron chi connectivity index (χ2n) is 7.16. The highest BCUT2D eigenvalue weighted by Crippen LogP contribution is 2.40. The zero-order valence-electron chi connectivity index (χ0n) is 13.9. The van der Waals surface area contributed by atoms with Crippen LogP contribution in [0.25, 0.3) is 0 Å². The van der Waals surface area contributed by atoms with E-state index in [1.165, 1.54) is 12.0 Å². The molecule has 2 aliphatic heterocycles. The number of hydrogen-bond donors (Lipinski definition) is 0. The first-order chi connectivity index (χ1) is 11.7. The van der Waals surface area contributed by atoms with Crippen LogP contribution in [-0.4, -0.2) is 46.9 Å². The number of carbonyl (C=O) groups is 1. The third kappa shape index (κ3) is 3.06. The Bertz CT molecular complexity index is 703. The molecular weight excluding hydrogens is 298 g/mol. The van der Waals surface area contributed by atoms with Crippen LogP contribution in [0, 0.1) is 5.41 Å². The molecule has 0 N–H and O–H groups in total. The molecule has 4 nitrogen and oxygen atoms in total. The van der Waals surface area contributed by atoms with Gasteiger partial charge in [-0.25, -0.2) is 0 Å². The van der Waals surface area contributed by atoms with Crippen molar-refractivity contribution >= 4 is 5.91 Å². The van der Waals surface area contributed by atoms with Crippen LogP contribution in [0.5, 0.6) is 0 Å². The first-order valence-corrected chi connectivity index (χ1v) is 8.70. The minimum absolute atomic E-state index is 0.149. The molecule has 1 unspecified atom stereocenters. The lowest BCUT2D eigenvalue weighted by molar-refractivity contribution is 0.0773. The monoisotopic (exact) mass is 321 g/mol. The summed E-state index contributed by atoms with van der Waals surface area (Å²) in [6.45, 7) is 5.01. The van der Waals surface area contributed by atoms with Crippen molar-refractivity contribution in [1.29, 1.82) is 0 Å². The Morgan fingerprint density at radius 2 is 1.75 bits per heavy atom. The summed E-state index contributed by atoms with van der Waals surface area (Å²) in [4.78, 5) is 21.2.